The third-order valence-corrected chi connectivity index (χ3v) is 10.2. The van der Waals surface area contributed by atoms with Crippen molar-refractivity contribution < 1.29 is 4.43 Å². The first-order valence-electron chi connectivity index (χ1n) is 9.44. The molecule has 3 aromatic rings. The van der Waals surface area contributed by atoms with E-state index in [-0.39, 0.29) is 5.04 Å². The second-order valence-electron chi connectivity index (χ2n) is 8.48. The molecule has 3 heterocycles. The molecular weight excluding hydrogens is 390 g/mol. The van der Waals surface area contributed by atoms with Crippen LogP contribution in [0.15, 0.2) is 36.8 Å². The fourth-order valence-corrected chi connectivity index (χ4v) is 4.05. The predicted octanol–water partition coefficient (Wildman–Crippen LogP) is 4.98. The van der Waals surface area contributed by atoms with Crippen LogP contribution in [-0.4, -0.2) is 39.5 Å². The zero-order valence-corrected chi connectivity index (χ0v) is 19.2. The summed E-state index contributed by atoms with van der Waals surface area (Å²) in [5.41, 5.74) is 2.72. The van der Waals surface area contributed by atoms with E-state index in [0.717, 1.165) is 22.8 Å². The maximum atomic E-state index is 6.52. The Morgan fingerprint density at radius 2 is 1.93 bits per heavy atom. The van der Waals surface area contributed by atoms with Crippen LogP contribution in [0.25, 0.3) is 11.5 Å². The molecule has 0 aromatic carbocycles. The zero-order valence-electron chi connectivity index (χ0n) is 17.4. The lowest BCUT2D eigenvalue weighted by atomic mass is 10.1. The first-order chi connectivity index (χ1) is 13.1. The predicted molar refractivity (Wildman–Crippen MR) is 115 cm³/mol. The Balaban J connectivity index is 1.87. The molecule has 0 N–H and O–H groups in total. The number of hydrogen-bond donors (Lipinski definition) is 0. The van der Waals surface area contributed by atoms with E-state index in [0.29, 0.717) is 18.2 Å². The van der Waals surface area contributed by atoms with Gasteiger partial charge in [-0.25, -0.2) is 14.3 Å². The molecule has 0 spiro atoms. The van der Waals surface area contributed by atoms with Gasteiger partial charge in [0.25, 0.3) is 0 Å². The topological polar surface area (TPSA) is 57.8 Å². The molecule has 0 aliphatic carbocycles. The van der Waals surface area contributed by atoms with E-state index in [2.05, 4.69) is 49.0 Å². The molecule has 0 unspecified atom stereocenters. The van der Waals surface area contributed by atoms with Gasteiger partial charge in [-0.3, -0.25) is 0 Å². The van der Waals surface area contributed by atoms with Gasteiger partial charge in [0.2, 0.25) is 0 Å². The molecular formula is C20H28ClN5OSi. The highest BCUT2D eigenvalue weighted by Gasteiger charge is 2.37. The molecule has 0 bridgehead atoms. The first-order valence-corrected chi connectivity index (χ1v) is 12.7. The summed E-state index contributed by atoms with van der Waals surface area (Å²) in [4.78, 5) is 4.44. The maximum Gasteiger partial charge on any atom is 0.191 e. The lowest BCUT2D eigenvalue weighted by Gasteiger charge is -2.36. The van der Waals surface area contributed by atoms with Gasteiger partial charge in [0.15, 0.2) is 14.1 Å². The molecule has 0 aliphatic rings. The Kier molecular flexibility index (Phi) is 5.79. The lowest BCUT2D eigenvalue weighted by molar-refractivity contribution is 0.291. The molecule has 3 rings (SSSR count). The fourth-order valence-electron chi connectivity index (χ4n) is 2.68. The molecule has 0 fully saturated rings. The molecule has 8 heteroatoms. The van der Waals surface area contributed by atoms with Gasteiger partial charge in [-0.1, -0.05) is 32.4 Å². The monoisotopic (exact) mass is 417 g/mol. The van der Waals surface area contributed by atoms with Crippen molar-refractivity contribution in [2.75, 3.05) is 6.61 Å². The Bertz CT molecular complexity index is 944. The summed E-state index contributed by atoms with van der Waals surface area (Å²) >= 11 is 6.52. The molecule has 0 saturated carbocycles. The van der Waals surface area contributed by atoms with E-state index in [1.807, 2.05) is 42.2 Å². The van der Waals surface area contributed by atoms with Crippen LogP contribution >= 0.6 is 11.6 Å². The van der Waals surface area contributed by atoms with E-state index < -0.39 is 8.32 Å². The van der Waals surface area contributed by atoms with Crippen molar-refractivity contribution in [2.24, 2.45) is 0 Å². The highest BCUT2D eigenvalue weighted by Crippen LogP contribution is 2.36. The third-order valence-electron chi connectivity index (χ3n) is 5.36. The zero-order chi connectivity index (χ0) is 20.5. The van der Waals surface area contributed by atoms with E-state index in [1.165, 1.54) is 0 Å². The van der Waals surface area contributed by atoms with E-state index in [4.69, 9.17) is 16.0 Å². The largest absolute Gasteiger partial charge is 0.416 e. The molecule has 28 heavy (non-hydrogen) atoms. The minimum atomic E-state index is -1.81. The summed E-state index contributed by atoms with van der Waals surface area (Å²) in [6, 6.07) is 5.80. The number of aryl methyl sites for hydroxylation is 1. The smallest absolute Gasteiger partial charge is 0.191 e. The molecule has 3 aromatic heterocycles. The summed E-state index contributed by atoms with van der Waals surface area (Å²) in [5.74, 6) is 0.749. The SMILES string of the molecule is Cc1cc(-n2ccc(-n3cccn3)n2)c(CCO[Si](C)(C)C(C)(C)C)c(Cl)n1. The van der Waals surface area contributed by atoms with Crippen LogP contribution in [0.3, 0.4) is 0 Å². The van der Waals surface area contributed by atoms with Crippen LogP contribution in [0.4, 0.5) is 0 Å². The molecule has 6 nitrogen and oxygen atoms in total. The van der Waals surface area contributed by atoms with Crippen LogP contribution in [-0.2, 0) is 10.8 Å². The molecule has 150 valence electrons. The van der Waals surface area contributed by atoms with Gasteiger partial charge < -0.3 is 4.43 Å². The average Bonchev–Trinajstić information content (AvgIpc) is 3.26. The number of halogens is 1. The third kappa shape index (κ3) is 4.37. The molecule has 0 atom stereocenters. The Morgan fingerprint density at radius 3 is 2.57 bits per heavy atom. The van der Waals surface area contributed by atoms with Crippen LogP contribution < -0.4 is 0 Å². The van der Waals surface area contributed by atoms with E-state index >= 15 is 0 Å². The second kappa shape index (κ2) is 7.81. The standard InChI is InChI=1S/C20H28ClN5OSi/c1-15-14-17(25-12-8-18(24-25)26-11-7-10-22-26)16(19(21)23-15)9-13-27-28(5,6)20(2,3)4/h7-8,10-12,14H,9,13H2,1-6H3. The number of rotatable bonds is 6. The van der Waals surface area contributed by atoms with Crippen molar-refractivity contribution in [3.05, 3.63) is 53.2 Å². The normalized spacial score (nSPS) is 12.5. The van der Waals surface area contributed by atoms with Gasteiger partial charge in [0.05, 0.1) is 5.69 Å². The molecule has 0 saturated heterocycles. The Hall–Kier alpha value is -1.96. The molecule has 0 amide bonds. The Morgan fingerprint density at radius 1 is 1.18 bits per heavy atom. The van der Waals surface area contributed by atoms with Crippen molar-refractivity contribution in [3.8, 4) is 11.5 Å². The summed E-state index contributed by atoms with van der Waals surface area (Å²) in [6.45, 7) is 13.8. The van der Waals surface area contributed by atoms with Crippen molar-refractivity contribution >= 4 is 19.9 Å². The highest BCUT2D eigenvalue weighted by molar-refractivity contribution is 6.74. The summed E-state index contributed by atoms with van der Waals surface area (Å²) in [7, 11) is -1.81. The van der Waals surface area contributed by atoms with Crippen molar-refractivity contribution in [1.29, 1.82) is 0 Å². The van der Waals surface area contributed by atoms with E-state index in [9.17, 15) is 0 Å². The number of hydrogen-bond acceptors (Lipinski definition) is 4. The summed E-state index contributed by atoms with van der Waals surface area (Å²) in [5, 5.41) is 9.58. The van der Waals surface area contributed by atoms with Gasteiger partial charge in [0.1, 0.15) is 5.15 Å². The van der Waals surface area contributed by atoms with Crippen molar-refractivity contribution in [2.45, 2.75) is 52.2 Å². The van der Waals surface area contributed by atoms with E-state index in [1.54, 1.807) is 10.9 Å². The summed E-state index contributed by atoms with van der Waals surface area (Å²) < 4.78 is 9.91. The second-order valence-corrected chi connectivity index (χ2v) is 13.6. The average molecular weight is 418 g/mol. The van der Waals surface area contributed by atoms with Gasteiger partial charge in [-0.05, 0) is 43.6 Å². The fraction of sp³-hybridized carbons (Fsp3) is 0.450. The quantitative estimate of drug-likeness (QED) is 0.419. The number of nitrogens with zero attached hydrogens (tertiary/aromatic N) is 5. The lowest BCUT2D eigenvalue weighted by Crippen LogP contribution is -2.41. The minimum absolute atomic E-state index is 0.172. The molecule has 0 radical (unpaired) electrons. The maximum absolute atomic E-state index is 6.52. The first kappa shape index (κ1) is 20.8. The number of pyridine rings is 1. The summed E-state index contributed by atoms with van der Waals surface area (Å²) in [6.07, 6.45) is 6.20. The number of aromatic nitrogens is 5. The van der Waals surface area contributed by atoms with Crippen LogP contribution in [0, 0.1) is 6.92 Å². The van der Waals surface area contributed by atoms with Gasteiger partial charge in [0, 0.05) is 42.5 Å². The Labute approximate surface area is 172 Å². The van der Waals surface area contributed by atoms with Gasteiger partial charge in [-0.15, -0.1) is 5.10 Å². The van der Waals surface area contributed by atoms with Gasteiger partial charge >= 0.3 is 0 Å². The van der Waals surface area contributed by atoms with Crippen LogP contribution in [0.2, 0.25) is 23.3 Å². The van der Waals surface area contributed by atoms with Crippen molar-refractivity contribution in [3.63, 3.8) is 0 Å². The minimum Gasteiger partial charge on any atom is -0.416 e. The van der Waals surface area contributed by atoms with Crippen LogP contribution in [0.1, 0.15) is 32.0 Å². The van der Waals surface area contributed by atoms with Gasteiger partial charge in [-0.2, -0.15) is 5.10 Å². The highest BCUT2D eigenvalue weighted by atomic mass is 35.5. The molecule has 0 aliphatic heterocycles. The van der Waals surface area contributed by atoms with Crippen LogP contribution in [0.5, 0.6) is 0 Å². The van der Waals surface area contributed by atoms with Crippen molar-refractivity contribution in [1.82, 2.24) is 24.5 Å².